The lowest BCUT2D eigenvalue weighted by atomic mass is 10.3. The molecule has 2 rings (SSSR count). The summed E-state index contributed by atoms with van der Waals surface area (Å²) in [6, 6.07) is 1.08. The Morgan fingerprint density at radius 3 is 2.71 bits per heavy atom. The molecule has 0 radical (unpaired) electrons. The van der Waals surface area contributed by atoms with Gasteiger partial charge in [0.15, 0.2) is 0 Å². The molecule has 1 aliphatic heterocycles. The predicted molar refractivity (Wildman–Crippen MR) is 84.4 cm³/mol. The number of aromatic carboxylic acids is 1. The standard InChI is InChI=1S/C12H17BrN2O4S2/c1-8-7-14(2)4-3-5-15(8)21(18,19)10-6-9(12(16)17)20-11(10)13/h6,8H,3-5,7H2,1-2H3,(H,16,17). The van der Waals surface area contributed by atoms with Crippen LogP contribution in [-0.2, 0) is 10.0 Å². The molecule has 2 heterocycles. The predicted octanol–water partition coefficient (Wildman–Crippen LogP) is 1.92. The lowest BCUT2D eigenvalue weighted by Gasteiger charge is -2.26. The molecule has 21 heavy (non-hydrogen) atoms. The maximum Gasteiger partial charge on any atom is 0.345 e. The Bertz CT molecular complexity index is 644. The van der Waals surface area contributed by atoms with Crippen LogP contribution in [-0.4, -0.2) is 61.4 Å². The largest absolute Gasteiger partial charge is 0.477 e. The first-order chi connectivity index (χ1) is 9.73. The summed E-state index contributed by atoms with van der Waals surface area (Å²) in [5, 5.41) is 9.00. The number of carboxylic acids is 1. The Hall–Kier alpha value is -0.480. The molecule has 1 unspecified atom stereocenters. The quantitative estimate of drug-likeness (QED) is 0.844. The Morgan fingerprint density at radius 1 is 1.48 bits per heavy atom. The van der Waals surface area contributed by atoms with Gasteiger partial charge in [-0.25, -0.2) is 13.2 Å². The van der Waals surface area contributed by atoms with Crippen LogP contribution in [0.2, 0.25) is 0 Å². The smallest absolute Gasteiger partial charge is 0.345 e. The fourth-order valence-electron chi connectivity index (χ4n) is 2.47. The molecule has 1 aliphatic rings. The first kappa shape index (κ1) is 16.9. The second-order valence-electron chi connectivity index (χ2n) is 5.13. The number of halogens is 1. The first-order valence-corrected chi connectivity index (χ1v) is 9.51. The van der Waals surface area contributed by atoms with Gasteiger partial charge < -0.3 is 10.0 Å². The first-order valence-electron chi connectivity index (χ1n) is 6.46. The average molecular weight is 397 g/mol. The van der Waals surface area contributed by atoms with E-state index in [1.165, 1.54) is 10.4 Å². The minimum absolute atomic E-state index is 0.0139. The lowest BCUT2D eigenvalue weighted by Crippen LogP contribution is -2.41. The van der Waals surface area contributed by atoms with Gasteiger partial charge >= 0.3 is 5.97 Å². The SMILES string of the molecule is CC1CN(C)CCCN1S(=O)(=O)c1cc(C(=O)O)sc1Br. The molecule has 1 fully saturated rings. The van der Waals surface area contributed by atoms with Crippen molar-refractivity contribution >= 4 is 43.3 Å². The molecule has 118 valence electrons. The molecular formula is C12H17BrN2O4S2. The summed E-state index contributed by atoms with van der Waals surface area (Å²) in [7, 11) is -1.73. The van der Waals surface area contributed by atoms with Crippen LogP contribution in [0.4, 0.5) is 0 Å². The van der Waals surface area contributed by atoms with Crippen LogP contribution in [0.25, 0.3) is 0 Å². The minimum atomic E-state index is -3.69. The fourth-order valence-corrected chi connectivity index (χ4v) is 6.48. The van der Waals surface area contributed by atoms with Crippen molar-refractivity contribution < 1.29 is 18.3 Å². The topological polar surface area (TPSA) is 77.9 Å². The molecule has 1 aromatic heterocycles. The highest BCUT2D eigenvalue weighted by Crippen LogP contribution is 2.34. The zero-order chi connectivity index (χ0) is 15.8. The van der Waals surface area contributed by atoms with Gasteiger partial charge in [-0.1, -0.05) is 0 Å². The van der Waals surface area contributed by atoms with E-state index in [2.05, 4.69) is 20.8 Å². The third-order valence-corrected chi connectivity index (χ3v) is 7.69. The number of hydrogen-bond donors (Lipinski definition) is 1. The van der Waals surface area contributed by atoms with E-state index in [0.29, 0.717) is 16.9 Å². The van der Waals surface area contributed by atoms with Crippen molar-refractivity contribution in [1.29, 1.82) is 0 Å². The molecule has 1 N–H and O–H groups in total. The molecule has 1 aromatic rings. The van der Waals surface area contributed by atoms with Gasteiger partial charge in [0.2, 0.25) is 10.0 Å². The molecule has 0 aliphatic carbocycles. The van der Waals surface area contributed by atoms with Gasteiger partial charge in [0.05, 0.1) is 3.79 Å². The van der Waals surface area contributed by atoms with E-state index in [1.54, 1.807) is 0 Å². The fraction of sp³-hybridized carbons (Fsp3) is 0.583. The maximum absolute atomic E-state index is 12.8. The molecule has 6 nitrogen and oxygen atoms in total. The summed E-state index contributed by atoms with van der Waals surface area (Å²) in [5.41, 5.74) is 0. The number of carboxylic acid groups (broad SMARTS) is 1. The highest BCUT2D eigenvalue weighted by Gasteiger charge is 2.34. The van der Waals surface area contributed by atoms with Crippen LogP contribution in [0, 0.1) is 0 Å². The van der Waals surface area contributed by atoms with E-state index in [4.69, 9.17) is 5.11 Å². The van der Waals surface area contributed by atoms with E-state index >= 15 is 0 Å². The molecule has 0 bridgehead atoms. The molecule has 0 aromatic carbocycles. The summed E-state index contributed by atoms with van der Waals surface area (Å²) in [6.07, 6.45) is 0.758. The summed E-state index contributed by atoms with van der Waals surface area (Å²) >= 11 is 4.10. The Labute approximate surface area is 136 Å². The number of rotatable bonds is 3. The zero-order valence-corrected chi connectivity index (χ0v) is 15.0. The second-order valence-corrected chi connectivity index (χ2v) is 9.36. The molecule has 0 amide bonds. The van der Waals surface area contributed by atoms with Crippen molar-refractivity contribution in [3.8, 4) is 0 Å². The van der Waals surface area contributed by atoms with Crippen LogP contribution in [0.3, 0.4) is 0 Å². The van der Waals surface area contributed by atoms with E-state index < -0.39 is 16.0 Å². The van der Waals surface area contributed by atoms with Gasteiger partial charge in [-0.15, -0.1) is 11.3 Å². The third-order valence-electron chi connectivity index (χ3n) is 3.44. The second kappa shape index (κ2) is 6.33. The lowest BCUT2D eigenvalue weighted by molar-refractivity contribution is 0.0702. The van der Waals surface area contributed by atoms with E-state index in [9.17, 15) is 13.2 Å². The summed E-state index contributed by atoms with van der Waals surface area (Å²) in [5.74, 6) is -1.12. The van der Waals surface area contributed by atoms with Crippen molar-refractivity contribution in [2.75, 3.05) is 26.7 Å². The minimum Gasteiger partial charge on any atom is -0.477 e. The van der Waals surface area contributed by atoms with E-state index in [-0.39, 0.29) is 15.8 Å². The monoisotopic (exact) mass is 396 g/mol. The van der Waals surface area contributed by atoms with Crippen molar-refractivity contribution in [3.05, 3.63) is 14.7 Å². The molecule has 1 atom stereocenters. The van der Waals surface area contributed by atoms with Crippen LogP contribution < -0.4 is 0 Å². The number of carbonyl (C=O) groups is 1. The zero-order valence-electron chi connectivity index (χ0n) is 11.7. The summed E-state index contributed by atoms with van der Waals surface area (Å²) in [4.78, 5) is 13.2. The number of hydrogen-bond acceptors (Lipinski definition) is 5. The number of nitrogens with zero attached hydrogens (tertiary/aromatic N) is 2. The van der Waals surface area contributed by atoms with Gasteiger partial charge in [-0.3, -0.25) is 0 Å². The van der Waals surface area contributed by atoms with Gasteiger partial charge in [0.25, 0.3) is 0 Å². The van der Waals surface area contributed by atoms with Crippen LogP contribution >= 0.6 is 27.3 Å². The van der Waals surface area contributed by atoms with E-state index in [1.807, 2.05) is 14.0 Å². The molecule has 0 spiro atoms. The highest BCUT2D eigenvalue weighted by molar-refractivity contribution is 9.11. The maximum atomic E-state index is 12.8. The van der Waals surface area contributed by atoms with Gasteiger partial charge in [-0.2, -0.15) is 4.31 Å². The number of thiophene rings is 1. The number of sulfonamides is 1. The summed E-state index contributed by atoms with van der Waals surface area (Å²) < 4.78 is 27.4. The third kappa shape index (κ3) is 3.48. The van der Waals surface area contributed by atoms with Crippen molar-refractivity contribution in [2.45, 2.75) is 24.3 Å². The van der Waals surface area contributed by atoms with Crippen LogP contribution in [0.15, 0.2) is 14.7 Å². The van der Waals surface area contributed by atoms with Gasteiger partial charge in [0, 0.05) is 19.1 Å². The highest BCUT2D eigenvalue weighted by atomic mass is 79.9. The van der Waals surface area contributed by atoms with Gasteiger partial charge in [-0.05, 0) is 48.9 Å². The van der Waals surface area contributed by atoms with Crippen LogP contribution in [0.5, 0.6) is 0 Å². The Balaban J connectivity index is 2.39. The Morgan fingerprint density at radius 2 is 2.14 bits per heavy atom. The van der Waals surface area contributed by atoms with Crippen molar-refractivity contribution in [1.82, 2.24) is 9.21 Å². The molecule has 1 saturated heterocycles. The molecular weight excluding hydrogens is 380 g/mol. The van der Waals surface area contributed by atoms with E-state index in [0.717, 1.165) is 24.3 Å². The average Bonchev–Trinajstić information content (AvgIpc) is 2.68. The van der Waals surface area contributed by atoms with Crippen molar-refractivity contribution in [3.63, 3.8) is 0 Å². The number of likely N-dealkylation sites (N-methyl/N-ethyl adjacent to an activating group) is 1. The van der Waals surface area contributed by atoms with Crippen LogP contribution in [0.1, 0.15) is 23.0 Å². The molecule has 9 heteroatoms. The normalized spacial score (nSPS) is 22.1. The van der Waals surface area contributed by atoms with Crippen molar-refractivity contribution in [2.24, 2.45) is 0 Å². The Kier molecular flexibility index (Phi) is 5.09. The van der Waals surface area contributed by atoms with Gasteiger partial charge in [0.1, 0.15) is 9.77 Å². The molecule has 0 saturated carbocycles. The summed E-state index contributed by atoms with van der Waals surface area (Å²) in [6.45, 7) is 3.82.